The number of hydrogen-bond donors (Lipinski definition) is 1. The SMILES string of the molecule is CCC(C)CNC(=O)CSc1nnc2scc(-c3ccccc3)n12. The molecule has 1 unspecified atom stereocenters. The highest BCUT2D eigenvalue weighted by molar-refractivity contribution is 7.99. The Kier molecular flexibility index (Phi) is 5.52. The van der Waals surface area contributed by atoms with Crippen LogP contribution in [0, 0.1) is 5.92 Å². The third kappa shape index (κ3) is 3.79. The highest BCUT2D eigenvalue weighted by Gasteiger charge is 2.15. The van der Waals surface area contributed by atoms with Gasteiger partial charge in [-0.05, 0) is 11.5 Å². The van der Waals surface area contributed by atoms with Crippen molar-refractivity contribution in [2.45, 2.75) is 25.4 Å². The van der Waals surface area contributed by atoms with Crippen LogP contribution in [0.25, 0.3) is 16.2 Å². The summed E-state index contributed by atoms with van der Waals surface area (Å²) in [6, 6.07) is 10.1. The number of aromatic nitrogens is 3. The van der Waals surface area contributed by atoms with Gasteiger partial charge in [0, 0.05) is 11.9 Å². The molecule has 0 aliphatic heterocycles. The van der Waals surface area contributed by atoms with Gasteiger partial charge in [0.05, 0.1) is 11.4 Å². The molecule has 0 fully saturated rings. The number of rotatable bonds is 7. The van der Waals surface area contributed by atoms with Crippen molar-refractivity contribution in [3.8, 4) is 11.3 Å². The Morgan fingerprint density at radius 3 is 2.88 bits per heavy atom. The maximum absolute atomic E-state index is 12.0. The lowest BCUT2D eigenvalue weighted by molar-refractivity contribution is -0.118. The van der Waals surface area contributed by atoms with Crippen molar-refractivity contribution in [1.29, 1.82) is 0 Å². The van der Waals surface area contributed by atoms with Crippen LogP contribution in [0.15, 0.2) is 40.9 Å². The second-order valence-electron chi connectivity index (χ2n) is 5.69. The Morgan fingerprint density at radius 1 is 1.33 bits per heavy atom. The first-order valence-electron chi connectivity index (χ1n) is 7.96. The van der Waals surface area contributed by atoms with Gasteiger partial charge in [0.2, 0.25) is 10.9 Å². The maximum atomic E-state index is 12.0. The summed E-state index contributed by atoms with van der Waals surface area (Å²) in [4.78, 5) is 12.8. The van der Waals surface area contributed by atoms with Crippen molar-refractivity contribution in [3.63, 3.8) is 0 Å². The zero-order chi connectivity index (χ0) is 16.9. The fraction of sp³-hybridized carbons (Fsp3) is 0.353. The van der Waals surface area contributed by atoms with Gasteiger partial charge in [0.1, 0.15) is 0 Å². The number of thioether (sulfide) groups is 1. The second kappa shape index (κ2) is 7.81. The molecule has 7 heteroatoms. The molecule has 2 aromatic heterocycles. The normalized spacial score (nSPS) is 12.4. The molecule has 5 nitrogen and oxygen atoms in total. The summed E-state index contributed by atoms with van der Waals surface area (Å²) in [6.07, 6.45) is 1.06. The third-order valence-corrected chi connectivity index (χ3v) is 5.61. The standard InChI is InChI=1S/C17H20N4OS2/c1-3-12(2)9-18-15(22)11-24-17-20-19-16-21(17)14(10-23-16)13-7-5-4-6-8-13/h4-8,10,12H,3,9,11H2,1-2H3,(H,18,22). The van der Waals surface area contributed by atoms with E-state index in [1.807, 2.05) is 22.6 Å². The van der Waals surface area contributed by atoms with Crippen molar-refractivity contribution in [2.24, 2.45) is 5.92 Å². The van der Waals surface area contributed by atoms with E-state index in [-0.39, 0.29) is 5.91 Å². The number of nitrogens with zero attached hydrogens (tertiary/aromatic N) is 3. The lowest BCUT2D eigenvalue weighted by atomic mass is 10.1. The van der Waals surface area contributed by atoms with Crippen LogP contribution in [-0.4, -0.2) is 32.8 Å². The van der Waals surface area contributed by atoms with Gasteiger partial charge in [-0.3, -0.25) is 9.20 Å². The molecule has 1 N–H and O–H groups in total. The monoisotopic (exact) mass is 360 g/mol. The molecular weight excluding hydrogens is 340 g/mol. The second-order valence-corrected chi connectivity index (χ2v) is 7.47. The van der Waals surface area contributed by atoms with Crippen LogP contribution in [-0.2, 0) is 4.79 Å². The molecular formula is C17H20N4OS2. The molecule has 0 saturated carbocycles. The topological polar surface area (TPSA) is 59.3 Å². The third-order valence-electron chi connectivity index (χ3n) is 3.87. The first-order valence-corrected chi connectivity index (χ1v) is 9.83. The van der Waals surface area contributed by atoms with E-state index in [9.17, 15) is 4.79 Å². The highest BCUT2D eigenvalue weighted by Crippen LogP contribution is 2.29. The average molecular weight is 361 g/mol. The number of carbonyl (C=O) groups is 1. The van der Waals surface area contributed by atoms with Crippen LogP contribution in [0.3, 0.4) is 0 Å². The molecule has 0 saturated heterocycles. The quantitative estimate of drug-likeness (QED) is 0.653. The minimum atomic E-state index is 0.0357. The van der Waals surface area contributed by atoms with Gasteiger partial charge in [-0.25, -0.2) is 0 Å². The number of hydrogen-bond acceptors (Lipinski definition) is 5. The fourth-order valence-electron chi connectivity index (χ4n) is 2.21. The summed E-state index contributed by atoms with van der Waals surface area (Å²) in [5.41, 5.74) is 2.18. The molecule has 0 aliphatic rings. The summed E-state index contributed by atoms with van der Waals surface area (Å²) < 4.78 is 2.02. The highest BCUT2D eigenvalue weighted by atomic mass is 32.2. The van der Waals surface area contributed by atoms with Gasteiger partial charge in [0.15, 0.2) is 5.16 Å². The van der Waals surface area contributed by atoms with Crippen molar-refractivity contribution < 1.29 is 4.79 Å². The lowest BCUT2D eigenvalue weighted by Crippen LogP contribution is -2.29. The van der Waals surface area contributed by atoms with Crippen molar-refractivity contribution in [1.82, 2.24) is 19.9 Å². The molecule has 3 aromatic rings. The number of thiazole rings is 1. The Bertz CT molecular complexity index is 812. The van der Waals surface area contributed by atoms with Crippen LogP contribution < -0.4 is 5.32 Å². The summed E-state index contributed by atoms with van der Waals surface area (Å²) in [5.74, 6) is 0.884. The summed E-state index contributed by atoms with van der Waals surface area (Å²) >= 11 is 2.98. The zero-order valence-corrected chi connectivity index (χ0v) is 15.4. The largest absolute Gasteiger partial charge is 0.355 e. The predicted molar refractivity (Wildman–Crippen MR) is 99.5 cm³/mol. The van der Waals surface area contributed by atoms with Crippen molar-refractivity contribution in [2.75, 3.05) is 12.3 Å². The van der Waals surface area contributed by atoms with Crippen LogP contribution in [0.5, 0.6) is 0 Å². The Balaban J connectivity index is 1.72. The Morgan fingerprint density at radius 2 is 2.12 bits per heavy atom. The van der Waals surface area contributed by atoms with E-state index >= 15 is 0 Å². The average Bonchev–Trinajstić information content (AvgIpc) is 3.20. The van der Waals surface area contributed by atoms with Gasteiger partial charge >= 0.3 is 0 Å². The predicted octanol–water partition coefficient (Wildman–Crippen LogP) is 3.71. The zero-order valence-electron chi connectivity index (χ0n) is 13.7. The molecule has 1 atom stereocenters. The number of fused-ring (bicyclic) bond motifs is 1. The minimum absolute atomic E-state index is 0.0357. The summed E-state index contributed by atoms with van der Waals surface area (Å²) in [5, 5.41) is 14.2. The van der Waals surface area contributed by atoms with E-state index in [1.165, 1.54) is 11.8 Å². The molecule has 0 spiro atoms. The molecule has 0 radical (unpaired) electrons. The Hall–Kier alpha value is -1.86. The molecule has 2 heterocycles. The smallest absolute Gasteiger partial charge is 0.230 e. The van der Waals surface area contributed by atoms with Crippen LogP contribution >= 0.6 is 23.1 Å². The number of nitrogens with one attached hydrogen (secondary N) is 1. The van der Waals surface area contributed by atoms with Gasteiger partial charge in [-0.2, -0.15) is 0 Å². The van der Waals surface area contributed by atoms with E-state index in [4.69, 9.17) is 0 Å². The first-order chi connectivity index (χ1) is 11.7. The number of carbonyl (C=O) groups excluding carboxylic acids is 1. The molecule has 3 rings (SSSR count). The minimum Gasteiger partial charge on any atom is -0.355 e. The van der Waals surface area contributed by atoms with E-state index in [0.717, 1.165) is 34.3 Å². The lowest BCUT2D eigenvalue weighted by Gasteiger charge is -2.09. The van der Waals surface area contributed by atoms with E-state index < -0.39 is 0 Å². The molecule has 0 bridgehead atoms. The molecule has 1 aromatic carbocycles. The van der Waals surface area contributed by atoms with E-state index in [1.54, 1.807) is 11.3 Å². The van der Waals surface area contributed by atoms with Gasteiger partial charge in [-0.15, -0.1) is 21.5 Å². The molecule has 126 valence electrons. The van der Waals surface area contributed by atoms with Gasteiger partial charge in [0.25, 0.3) is 0 Å². The van der Waals surface area contributed by atoms with E-state index in [2.05, 4.69) is 46.9 Å². The van der Waals surface area contributed by atoms with Crippen molar-refractivity contribution >= 4 is 34.0 Å². The maximum Gasteiger partial charge on any atom is 0.230 e. The molecule has 0 aliphatic carbocycles. The molecule has 24 heavy (non-hydrogen) atoms. The number of benzene rings is 1. The van der Waals surface area contributed by atoms with Gasteiger partial charge < -0.3 is 5.32 Å². The summed E-state index contributed by atoms with van der Waals surface area (Å²) in [6.45, 7) is 4.98. The van der Waals surface area contributed by atoms with E-state index in [0.29, 0.717) is 11.7 Å². The van der Waals surface area contributed by atoms with Crippen molar-refractivity contribution in [3.05, 3.63) is 35.7 Å². The molecule has 1 amide bonds. The first kappa shape index (κ1) is 17.0. The van der Waals surface area contributed by atoms with Crippen LogP contribution in [0.2, 0.25) is 0 Å². The van der Waals surface area contributed by atoms with Crippen LogP contribution in [0.4, 0.5) is 0 Å². The fourth-order valence-corrected chi connectivity index (χ4v) is 3.88. The Labute approximate surface area is 149 Å². The number of amides is 1. The van der Waals surface area contributed by atoms with Crippen LogP contribution in [0.1, 0.15) is 20.3 Å². The van der Waals surface area contributed by atoms with Gasteiger partial charge in [-0.1, -0.05) is 62.4 Å². The summed E-state index contributed by atoms with van der Waals surface area (Å²) in [7, 11) is 0.